The molecule has 0 saturated carbocycles. The highest BCUT2D eigenvalue weighted by molar-refractivity contribution is 5.79. The zero-order valence-electron chi connectivity index (χ0n) is 18.4. The monoisotopic (exact) mass is 408 g/mol. The second kappa shape index (κ2) is 10.1. The Bertz CT molecular complexity index is 936. The van der Waals surface area contributed by atoms with Crippen molar-refractivity contribution in [3.8, 4) is 0 Å². The zero-order chi connectivity index (χ0) is 21.4. The van der Waals surface area contributed by atoms with Gasteiger partial charge in [-0.2, -0.15) is 0 Å². The first-order valence-corrected chi connectivity index (χ1v) is 10.5. The summed E-state index contributed by atoms with van der Waals surface area (Å²) in [6, 6.07) is 10.4. The molecule has 160 valence electrons. The molecule has 3 aromatic rings. The Morgan fingerprint density at radius 3 is 2.63 bits per heavy atom. The first-order valence-electron chi connectivity index (χ1n) is 10.5. The van der Waals surface area contributed by atoms with Crippen LogP contribution in [0.25, 0.3) is 0 Å². The Morgan fingerprint density at radius 1 is 1.13 bits per heavy atom. The summed E-state index contributed by atoms with van der Waals surface area (Å²) in [5.41, 5.74) is 1.21. The van der Waals surface area contributed by atoms with Gasteiger partial charge in [-0.1, -0.05) is 51.1 Å². The molecule has 0 radical (unpaired) electrons. The molecule has 7 heteroatoms. The maximum Gasteiger partial charge on any atom is 0.216 e. The lowest BCUT2D eigenvalue weighted by molar-refractivity contribution is 0.383. The number of guanidine groups is 1. The molecule has 2 N–H and O–H groups in total. The van der Waals surface area contributed by atoms with Gasteiger partial charge in [0.25, 0.3) is 0 Å². The van der Waals surface area contributed by atoms with E-state index in [9.17, 15) is 0 Å². The van der Waals surface area contributed by atoms with E-state index in [0.29, 0.717) is 12.4 Å². The first-order chi connectivity index (χ1) is 14.5. The largest absolute Gasteiger partial charge is 0.443 e. The van der Waals surface area contributed by atoms with Gasteiger partial charge < -0.3 is 19.6 Å². The molecule has 0 fully saturated rings. The Hall–Kier alpha value is -3.09. The van der Waals surface area contributed by atoms with E-state index >= 15 is 0 Å². The molecule has 0 aliphatic rings. The van der Waals surface area contributed by atoms with Crippen molar-refractivity contribution in [1.29, 1.82) is 0 Å². The van der Waals surface area contributed by atoms with Crippen LogP contribution in [0.3, 0.4) is 0 Å². The van der Waals surface area contributed by atoms with E-state index in [0.717, 1.165) is 43.6 Å². The molecular weight excluding hydrogens is 376 g/mol. The lowest BCUT2D eigenvalue weighted by Crippen LogP contribution is -2.38. The topological polar surface area (TPSA) is 80.3 Å². The summed E-state index contributed by atoms with van der Waals surface area (Å²) < 4.78 is 8.01. The zero-order valence-corrected chi connectivity index (χ0v) is 18.4. The molecule has 0 amide bonds. The Morgan fingerprint density at radius 2 is 1.93 bits per heavy atom. The molecule has 0 unspecified atom stereocenters. The van der Waals surface area contributed by atoms with Gasteiger partial charge in [0.1, 0.15) is 18.1 Å². The van der Waals surface area contributed by atoms with Crippen molar-refractivity contribution in [3.63, 3.8) is 0 Å². The minimum absolute atomic E-state index is 0.0562. The fourth-order valence-electron chi connectivity index (χ4n) is 3.00. The molecule has 7 nitrogen and oxygen atoms in total. The maximum atomic E-state index is 5.83. The van der Waals surface area contributed by atoms with Gasteiger partial charge >= 0.3 is 0 Å². The number of aromatic nitrogens is 3. The Labute approximate surface area is 178 Å². The van der Waals surface area contributed by atoms with Gasteiger partial charge in [0, 0.05) is 43.9 Å². The van der Waals surface area contributed by atoms with Crippen LogP contribution in [-0.2, 0) is 24.9 Å². The summed E-state index contributed by atoms with van der Waals surface area (Å²) in [6.45, 7) is 11.1. The van der Waals surface area contributed by atoms with E-state index in [-0.39, 0.29) is 5.41 Å². The molecule has 0 spiro atoms. The first kappa shape index (κ1) is 21.6. The van der Waals surface area contributed by atoms with Gasteiger partial charge in [0.2, 0.25) is 5.89 Å². The maximum absolute atomic E-state index is 5.83. The van der Waals surface area contributed by atoms with Gasteiger partial charge in [-0.25, -0.2) is 15.0 Å². The third-order valence-corrected chi connectivity index (χ3v) is 4.65. The van der Waals surface area contributed by atoms with Crippen LogP contribution in [-0.4, -0.2) is 33.6 Å². The van der Waals surface area contributed by atoms with Crippen molar-refractivity contribution in [2.45, 2.75) is 52.6 Å². The van der Waals surface area contributed by atoms with Crippen molar-refractivity contribution >= 4 is 5.96 Å². The lowest BCUT2D eigenvalue weighted by Gasteiger charge is -2.13. The second-order valence-electron chi connectivity index (χ2n) is 8.20. The van der Waals surface area contributed by atoms with Crippen molar-refractivity contribution < 1.29 is 4.42 Å². The summed E-state index contributed by atoms with van der Waals surface area (Å²) in [4.78, 5) is 13.5. The van der Waals surface area contributed by atoms with E-state index in [1.54, 1.807) is 6.20 Å². The van der Waals surface area contributed by atoms with Gasteiger partial charge in [-0.3, -0.25) is 0 Å². The average Bonchev–Trinajstić information content (AvgIpc) is 3.36. The van der Waals surface area contributed by atoms with Crippen LogP contribution in [0.4, 0.5) is 0 Å². The highest BCUT2D eigenvalue weighted by atomic mass is 16.4. The van der Waals surface area contributed by atoms with Crippen LogP contribution in [0, 0.1) is 0 Å². The SMILES string of the molecule is CCNC(=NCc1ncc(C(C)(C)C)o1)NCCc1nccn1Cc1ccccc1. The molecule has 0 atom stereocenters. The predicted molar refractivity (Wildman–Crippen MR) is 119 cm³/mol. The highest BCUT2D eigenvalue weighted by Gasteiger charge is 2.19. The second-order valence-corrected chi connectivity index (χ2v) is 8.20. The number of benzene rings is 1. The summed E-state index contributed by atoms with van der Waals surface area (Å²) >= 11 is 0. The van der Waals surface area contributed by atoms with Crippen molar-refractivity contribution in [1.82, 2.24) is 25.2 Å². The average molecular weight is 409 g/mol. The molecule has 2 aromatic heterocycles. The molecule has 0 aliphatic heterocycles. The summed E-state index contributed by atoms with van der Waals surface area (Å²) in [6.07, 6.45) is 6.47. The minimum atomic E-state index is -0.0562. The van der Waals surface area contributed by atoms with E-state index in [1.807, 2.05) is 25.4 Å². The van der Waals surface area contributed by atoms with Gasteiger partial charge in [0.05, 0.1) is 6.20 Å². The van der Waals surface area contributed by atoms with Crippen LogP contribution >= 0.6 is 0 Å². The highest BCUT2D eigenvalue weighted by Crippen LogP contribution is 2.22. The fourth-order valence-corrected chi connectivity index (χ4v) is 3.00. The molecule has 0 aliphatic carbocycles. The smallest absolute Gasteiger partial charge is 0.216 e. The van der Waals surface area contributed by atoms with Crippen molar-refractivity contribution in [3.05, 3.63) is 72.0 Å². The standard InChI is InChI=1S/C23H32N6O/c1-5-24-22(28-16-21-27-15-19(30-21)23(2,3)4)26-12-11-20-25-13-14-29(20)17-18-9-7-6-8-10-18/h6-10,13-15H,5,11-12,16-17H2,1-4H3,(H2,24,26,28). The molecule has 2 heterocycles. The number of hydrogen-bond donors (Lipinski definition) is 2. The molecule has 3 rings (SSSR count). The summed E-state index contributed by atoms with van der Waals surface area (Å²) in [5.74, 6) is 3.28. The molecule has 0 bridgehead atoms. The third kappa shape index (κ3) is 6.20. The fraction of sp³-hybridized carbons (Fsp3) is 0.435. The third-order valence-electron chi connectivity index (χ3n) is 4.65. The number of imidazole rings is 1. The number of nitrogens with zero attached hydrogens (tertiary/aromatic N) is 4. The van der Waals surface area contributed by atoms with E-state index in [1.165, 1.54) is 5.56 Å². The van der Waals surface area contributed by atoms with Crippen LogP contribution in [0.2, 0.25) is 0 Å². The van der Waals surface area contributed by atoms with E-state index < -0.39 is 0 Å². The molecule has 1 aromatic carbocycles. The van der Waals surface area contributed by atoms with Crippen LogP contribution < -0.4 is 10.6 Å². The number of nitrogens with one attached hydrogen (secondary N) is 2. The number of oxazole rings is 1. The van der Waals surface area contributed by atoms with Crippen molar-refractivity contribution in [2.24, 2.45) is 4.99 Å². The minimum Gasteiger partial charge on any atom is -0.443 e. The number of hydrogen-bond acceptors (Lipinski definition) is 4. The molecular formula is C23H32N6O. The van der Waals surface area contributed by atoms with Gasteiger partial charge in [-0.05, 0) is 12.5 Å². The van der Waals surface area contributed by atoms with Crippen LogP contribution in [0.1, 0.15) is 50.7 Å². The van der Waals surface area contributed by atoms with Gasteiger partial charge in [-0.15, -0.1) is 0 Å². The van der Waals surface area contributed by atoms with E-state index in [2.05, 4.69) is 75.2 Å². The number of aliphatic imine (C=N–C) groups is 1. The van der Waals surface area contributed by atoms with Crippen LogP contribution in [0.5, 0.6) is 0 Å². The Kier molecular flexibility index (Phi) is 7.27. The summed E-state index contributed by atoms with van der Waals surface area (Å²) in [7, 11) is 0. The van der Waals surface area contributed by atoms with Crippen LogP contribution in [0.15, 0.2) is 58.3 Å². The molecule has 0 saturated heterocycles. The quantitative estimate of drug-likeness (QED) is 0.440. The van der Waals surface area contributed by atoms with Gasteiger partial charge in [0.15, 0.2) is 5.96 Å². The van der Waals surface area contributed by atoms with Crippen molar-refractivity contribution in [2.75, 3.05) is 13.1 Å². The number of rotatable bonds is 8. The predicted octanol–water partition coefficient (Wildman–Crippen LogP) is 3.51. The summed E-state index contributed by atoms with van der Waals surface area (Å²) in [5, 5.41) is 6.64. The lowest BCUT2D eigenvalue weighted by atomic mass is 9.94. The van der Waals surface area contributed by atoms with E-state index in [4.69, 9.17) is 4.42 Å². The normalized spacial score (nSPS) is 12.2. The molecule has 30 heavy (non-hydrogen) atoms. The Balaban J connectivity index is 1.55.